The van der Waals surface area contributed by atoms with E-state index in [1.54, 1.807) is 29.7 Å². The standard InChI is InChI=1S/C23H22F2N4O5/c1-21(2,32)18-8-15(26-13-27-18)20(31)29-11-22(12-29)9-28(10-22)19(30)6-4-14-3-5-16-17(7-14)34-23(24,25)33-16/h3-8,13,32H,9-12H2,1-2H3/b6-4+. The number of fused-ring (bicyclic) bond motifs is 1. The van der Waals surface area contributed by atoms with Gasteiger partial charge < -0.3 is 24.4 Å². The number of aromatic nitrogens is 2. The minimum atomic E-state index is -3.68. The molecule has 0 aliphatic carbocycles. The van der Waals surface area contributed by atoms with Crippen LogP contribution in [0.1, 0.15) is 35.6 Å². The number of carbonyl (C=O) groups excluding carboxylic acids is 2. The second kappa shape index (κ2) is 7.45. The van der Waals surface area contributed by atoms with Crippen molar-refractivity contribution in [3.63, 3.8) is 0 Å². The molecule has 34 heavy (non-hydrogen) atoms. The number of nitrogens with zero attached hydrogens (tertiary/aromatic N) is 4. The maximum absolute atomic E-state index is 13.1. The number of hydrogen-bond acceptors (Lipinski definition) is 7. The Morgan fingerprint density at radius 2 is 1.74 bits per heavy atom. The Hall–Kier alpha value is -3.60. The predicted molar refractivity (Wildman–Crippen MR) is 114 cm³/mol. The molecule has 3 aliphatic heterocycles. The third-order valence-electron chi connectivity index (χ3n) is 6.06. The maximum Gasteiger partial charge on any atom is 0.586 e. The highest BCUT2D eigenvalue weighted by Gasteiger charge is 2.54. The van der Waals surface area contributed by atoms with E-state index in [1.807, 2.05) is 0 Å². The highest BCUT2D eigenvalue weighted by molar-refractivity contribution is 5.94. The van der Waals surface area contributed by atoms with Gasteiger partial charge in [-0.1, -0.05) is 6.07 Å². The van der Waals surface area contributed by atoms with E-state index < -0.39 is 11.9 Å². The molecule has 0 radical (unpaired) electrons. The van der Waals surface area contributed by atoms with E-state index in [2.05, 4.69) is 19.4 Å². The summed E-state index contributed by atoms with van der Waals surface area (Å²) in [6, 6.07) is 5.79. The van der Waals surface area contributed by atoms with Crippen molar-refractivity contribution in [1.29, 1.82) is 0 Å². The van der Waals surface area contributed by atoms with Crippen LogP contribution in [0.15, 0.2) is 36.7 Å². The number of rotatable bonds is 4. The smallest absolute Gasteiger partial charge is 0.395 e. The molecule has 9 nitrogen and oxygen atoms in total. The van der Waals surface area contributed by atoms with Crippen LogP contribution in [0.25, 0.3) is 6.08 Å². The van der Waals surface area contributed by atoms with Crippen molar-refractivity contribution in [3.8, 4) is 11.5 Å². The molecule has 1 aromatic carbocycles. The lowest BCUT2D eigenvalue weighted by molar-refractivity contribution is -0.286. The lowest BCUT2D eigenvalue weighted by Crippen LogP contribution is -2.73. The molecule has 1 aromatic heterocycles. The Kier molecular flexibility index (Phi) is 4.87. The van der Waals surface area contributed by atoms with E-state index in [-0.39, 0.29) is 34.4 Å². The van der Waals surface area contributed by atoms with Gasteiger partial charge in [0.25, 0.3) is 5.91 Å². The molecule has 178 valence electrons. The molecule has 1 N–H and O–H groups in total. The van der Waals surface area contributed by atoms with Gasteiger partial charge in [-0.25, -0.2) is 9.97 Å². The summed E-state index contributed by atoms with van der Waals surface area (Å²) in [6.45, 7) is 5.23. The van der Waals surface area contributed by atoms with Gasteiger partial charge in [0.2, 0.25) is 5.91 Å². The lowest BCUT2D eigenvalue weighted by Gasteiger charge is -2.59. The molecule has 0 bridgehead atoms. The SMILES string of the molecule is CC(C)(O)c1cc(C(=O)N2CC3(CN(C(=O)/C=C/c4ccc5c(c4)OC(F)(F)O5)C3)C2)ncn1. The summed E-state index contributed by atoms with van der Waals surface area (Å²) in [5.74, 6) is -0.582. The number of hydrogen-bond donors (Lipinski definition) is 1. The quantitative estimate of drug-likeness (QED) is 0.679. The number of likely N-dealkylation sites (tertiary alicyclic amines) is 2. The first-order valence-corrected chi connectivity index (χ1v) is 10.6. The van der Waals surface area contributed by atoms with E-state index in [4.69, 9.17) is 0 Å². The first kappa shape index (κ1) is 22.2. The lowest BCUT2D eigenvalue weighted by atomic mass is 9.72. The summed E-state index contributed by atoms with van der Waals surface area (Å²) in [5.41, 5.74) is -0.194. The molecule has 3 aliphatic rings. The summed E-state index contributed by atoms with van der Waals surface area (Å²) >= 11 is 0. The molecule has 2 saturated heterocycles. The zero-order valence-corrected chi connectivity index (χ0v) is 18.5. The van der Waals surface area contributed by atoms with Crippen LogP contribution in [0, 0.1) is 5.41 Å². The van der Waals surface area contributed by atoms with Gasteiger partial charge in [-0.15, -0.1) is 8.78 Å². The molecule has 11 heteroatoms. The Labute approximate surface area is 193 Å². The van der Waals surface area contributed by atoms with Gasteiger partial charge >= 0.3 is 6.29 Å². The minimum Gasteiger partial charge on any atom is -0.395 e. The second-order valence-corrected chi connectivity index (χ2v) is 9.41. The summed E-state index contributed by atoms with van der Waals surface area (Å²) in [6.07, 6.45) is 0.482. The fraction of sp³-hybridized carbons (Fsp3) is 0.391. The van der Waals surface area contributed by atoms with Gasteiger partial charge in [-0.3, -0.25) is 9.59 Å². The van der Waals surface area contributed by atoms with Crippen molar-refractivity contribution in [1.82, 2.24) is 19.8 Å². The molecular formula is C23H22F2N4O5. The number of carbonyl (C=O) groups is 2. The maximum atomic E-state index is 13.1. The van der Waals surface area contributed by atoms with Crippen LogP contribution in [0.5, 0.6) is 11.5 Å². The number of ether oxygens (including phenoxy) is 2. The molecule has 1 spiro atoms. The second-order valence-electron chi connectivity index (χ2n) is 9.41. The summed E-state index contributed by atoms with van der Waals surface area (Å²) in [4.78, 5) is 36.6. The average Bonchev–Trinajstić information content (AvgIpc) is 3.02. The third kappa shape index (κ3) is 4.07. The van der Waals surface area contributed by atoms with Crippen molar-refractivity contribution in [2.75, 3.05) is 26.2 Å². The monoisotopic (exact) mass is 472 g/mol. The summed E-state index contributed by atoms with van der Waals surface area (Å²) in [7, 11) is 0. The normalized spacial score (nSPS) is 19.8. The van der Waals surface area contributed by atoms with Crippen molar-refractivity contribution in [2.45, 2.75) is 25.7 Å². The Morgan fingerprint density at radius 3 is 2.44 bits per heavy atom. The zero-order valence-electron chi connectivity index (χ0n) is 18.5. The van der Waals surface area contributed by atoms with E-state index in [0.717, 1.165) is 0 Å². The van der Waals surface area contributed by atoms with E-state index >= 15 is 0 Å². The van der Waals surface area contributed by atoms with Crippen molar-refractivity contribution < 1.29 is 33.0 Å². The van der Waals surface area contributed by atoms with Crippen LogP contribution in [0.2, 0.25) is 0 Å². The van der Waals surface area contributed by atoms with Crippen LogP contribution in [0.3, 0.4) is 0 Å². The van der Waals surface area contributed by atoms with Gasteiger partial charge in [0, 0.05) is 37.7 Å². The van der Waals surface area contributed by atoms with Crippen LogP contribution in [0.4, 0.5) is 8.78 Å². The zero-order chi connectivity index (χ0) is 24.3. The molecule has 5 rings (SSSR count). The van der Waals surface area contributed by atoms with Crippen LogP contribution in [-0.4, -0.2) is 69.2 Å². The number of amides is 2. The highest BCUT2D eigenvalue weighted by Crippen LogP contribution is 2.42. The van der Waals surface area contributed by atoms with Gasteiger partial charge in [0.05, 0.1) is 5.69 Å². The number of halogens is 2. The predicted octanol–water partition coefficient (Wildman–Crippen LogP) is 2.02. The molecule has 2 amide bonds. The van der Waals surface area contributed by atoms with Crippen LogP contribution < -0.4 is 9.47 Å². The molecule has 2 aromatic rings. The summed E-state index contributed by atoms with van der Waals surface area (Å²) in [5, 5.41) is 10.1. The average molecular weight is 472 g/mol. The molecule has 2 fully saturated rings. The largest absolute Gasteiger partial charge is 0.586 e. The fourth-order valence-electron chi connectivity index (χ4n) is 4.34. The Morgan fingerprint density at radius 1 is 1.06 bits per heavy atom. The minimum absolute atomic E-state index is 0.0551. The fourth-order valence-corrected chi connectivity index (χ4v) is 4.34. The first-order chi connectivity index (χ1) is 15.9. The number of benzene rings is 1. The van der Waals surface area contributed by atoms with Crippen molar-refractivity contribution in [3.05, 3.63) is 53.6 Å². The van der Waals surface area contributed by atoms with Crippen molar-refractivity contribution in [2.24, 2.45) is 5.41 Å². The Bertz CT molecular complexity index is 1200. The molecule has 0 saturated carbocycles. The molecule has 0 atom stereocenters. The Balaban J connectivity index is 1.14. The summed E-state index contributed by atoms with van der Waals surface area (Å²) < 4.78 is 35.0. The molecule has 0 unspecified atom stereocenters. The van der Waals surface area contributed by atoms with Crippen molar-refractivity contribution >= 4 is 17.9 Å². The van der Waals surface area contributed by atoms with E-state index in [0.29, 0.717) is 37.4 Å². The molecule has 4 heterocycles. The highest BCUT2D eigenvalue weighted by atomic mass is 19.3. The third-order valence-corrected chi connectivity index (χ3v) is 6.06. The topological polar surface area (TPSA) is 105 Å². The number of alkyl halides is 2. The van der Waals surface area contributed by atoms with E-state index in [9.17, 15) is 23.5 Å². The van der Waals surface area contributed by atoms with Gasteiger partial charge in [0.1, 0.15) is 17.6 Å². The first-order valence-electron chi connectivity index (χ1n) is 10.6. The number of aliphatic hydroxyl groups is 1. The van der Waals surface area contributed by atoms with E-state index in [1.165, 1.54) is 36.7 Å². The van der Waals surface area contributed by atoms with Crippen LogP contribution >= 0.6 is 0 Å². The van der Waals surface area contributed by atoms with Gasteiger partial charge in [-0.2, -0.15) is 0 Å². The van der Waals surface area contributed by atoms with Gasteiger partial charge in [-0.05, 0) is 43.7 Å². The van der Waals surface area contributed by atoms with Crippen LogP contribution in [-0.2, 0) is 10.4 Å². The van der Waals surface area contributed by atoms with Gasteiger partial charge in [0.15, 0.2) is 11.5 Å². The molecular weight excluding hydrogens is 450 g/mol.